The Morgan fingerprint density at radius 1 is 1.40 bits per heavy atom. The highest BCUT2D eigenvalue weighted by molar-refractivity contribution is 6.31. The van der Waals surface area contributed by atoms with E-state index in [0.29, 0.717) is 0 Å². The van der Waals surface area contributed by atoms with Crippen LogP contribution in [-0.2, 0) is 13.5 Å². The predicted molar refractivity (Wildman–Crippen MR) is 64.4 cm³/mol. The van der Waals surface area contributed by atoms with Crippen LogP contribution >= 0.6 is 11.6 Å². The van der Waals surface area contributed by atoms with Crippen LogP contribution in [0, 0.1) is 6.92 Å². The lowest BCUT2D eigenvalue weighted by Gasteiger charge is -2.04. The van der Waals surface area contributed by atoms with Gasteiger partial charge in [-0.1, -0.05) is 18.5 Å². The Bertz CT molecular complexity index is 307. The number of hydrogen-bond donors (Lipinski definition) is 1. The number of hydrogen-bond acceptors (Lipinski definition) is 2. The van der Waals surface area contributed by atoms with E-state index < -0.39 is 0 Å². The molecule has 0 spiro atoms. The van der Waals surface area contributed by atoms with Crippen molar-refractivity contribution in [2.24, 2.45) is 7.05 Å². The number of halogens is 1. The molecule has 0 aliphatic rings. The number of nitrogens with one attached hydrogen (secondary N) is 1. The third kappa shape index (κ3) is 3.50. The zero-order valence-corrected chi connectivity index (χ0v) is 10.6. The molecular formula is C11H20ClN3. The van der Waals surface area contributed by atoms with Crippen LogP contribution in [-0.4, -0.2) is 22.9 Å². The first-order valence-corrected chi connectivity index (χ1v) is 5.93. The van der Waals surface area contributed by atoms with Crippen molar-refractivity contribution in [1.29, 1.82) is 0 Å². The van der Waals surface area contributed by atoms with Gasteiger partial charge in [-0.05, 0) is 39.3 Å². The summed E-state index contributed by atoms with van der Waals surface area (Å²) in [7, 11) is 1.95. The van der Waals surface area contributed by atoms with Crippen molar-refractivity contribution in [3.8, 4) is 0 Å². The van der Waals surface area contributed by atoms with E-state index in [1.54, 1.807) is 0 Å². The Balaban J connectivity index is 2.37. The lowest BCUT2D eigenvalue weighted by atomic mass is 10.2. The van der Waals surface area contributed by atoms with Crippen LogP contribution < -0.4 is 5.32 Å². The smallest absolute Gasteiger partial charge is 0.0846 e. The van der Waals surface area contributed by atoms with Crippen LogP contribution in [0.15, 0.2) is 0 Å². The SMILES string of the molecule is CCCNCCCc1c(Cl)c(C)nn1C. The normalized spacial score (nSPS) is 10.9. The van der Waals surface area contributed by atoms with Crippen molar-refractivity contribution < 1.29 is 0 Å². The van der Waals surface area contributed by atoms with Gasteiger partial charge in [-0.2, -0.15) is 5.10 Å². The van der Waals surface area contributed by atoms with E-state index in [1.807, 2.05) is 18.7 Å². The fraction of sp³-hybridized carbons (Fsp3) is 0.727. The Hall–Kier alpha value is -0.540. The van der Waals surface area contributed by atoms with Gasteiger partial charge in [0.2, 0.25) is 0 Å². The summed E-state index contributed by atoms with van der Waals surface area (Å²) in [5.74, 6) is 0. The van der Waals surface area contributed by atoms with E-state index in [-0.39, 0.29) is 0 Å². The molecule has 1 N–H and O–H groups in total. The first kappa shape index (κ1) is 12.5. The second kappa shape index (κ2) is 6.13. The maximum absolute atomic E-state index is 6.15. The van der Waals surface area contributed by atoms with Gasteiger partial charge >= 0.3 is 0 Å². The molecule has 0 bridgehead atoms. The largest absolute Gasteiger partial charge is 0.317 e. The summed E-state index contributed by atoms with van der Waals surface area (Å²) in [5.41, 5.74) is 2.07. The minimum Gasteiger partial charge on any atom is -0.317 e. The molecule has 3 nitrogen and oxygen atoms in total. The van der Waals surface area contributed by atoms with Crippen LogP contribution in [0.1, 0.15) is 31.2 Å². The van der Waals surface area contributed by atoms with Gasteiger partial charge in [0.15, 0.2) is 0 Å². The zero-order valence-electron chi connectivity index (χ0n) is 9.81. The van der Waals surface area contributed by atoms with Gasteiger partial charge in [-0.15, -0.1) is 0 Å². The van der Waals surface area contributed by atoms with Crippen LogP contribution in [0.4, 0.5) is 0 Å². The lowest BCUT2D eigenvalue weighted by Crippen LogP contribution is -2.16. The Morgan fingerprint density at radius 3 is 2.67 bits per heavy atom. The third-order valence-electron chi connectivity index (χ3n) is 2.46. The molecule has 0 aromatic carbocycles. The van der Waals surface area contributed by atoms with Crippen molar-refractivity contribution in [3.63, 3.8) is 0 Å². The van der Waals surface area contributed by atoms with Crippen molar-refractivity contribution in [3.05, 3.63) is 16.4 Å². The summed E-state index contributed by atoms with van der Waals surface area (Å²) >= 11 is 6.15. The average Bonchev–Trinajstić information content (AvgIpc) is 2.44. The van der Waals surface area contributed by atoms with Crippen LogP contribution in [0.3, 0.4) is 0 Å². The Morgan fingerprint density at radius 2 is 2.13 bits per heavy atom. The highest BCUT2D eigenvalue weighted by atomic mass is 35.5. The fourth-order valence-corrected chi connectivity index (χ4v) is 1.89. The van der Waals surface area contributed by atoms with E-state index in [9.17, 15) is 0 Å². The molecule has 1 aromatic heterocycles. The molecule has 0 unspecified atom stereocenters. The highest BCUT2D eigenvalue weighted by Gasteiger charge is 2.09. The van der Waals surface area contributed by atoms with E-state index in [4.69, 9.17) is 11.6 Å². The summed E-state index contributed by atoms with van der Waals surface area (Å²) in [5, 5.41) is 8.50. The first-order valence-electron chi connectivity index (χ1n) is 5.55. The highest BCUT2D eigenvalue weighted by Crippen LogP contribution is 2.20. The molecule has 86 valence electrons. The molecule has 0 saturated heterocycles. The summed E-state index contributed by atoms with van der Waals surface area (Å²) in [6, 6.07) is 0. The molecule has 0 radical (unpaired) electrons. The zero-order chi connectivity index (χ0) is 11.3. The molecular weight excluding hydrogens is 210 g/mol. The molecule has 0 fully saturated rings. The van der Waals surface area contributed by atoms with Crippen molar-refractivity contribution in [2.45, 2.75) is 33.1 Å². The predicted octanol–water partition coefficient (Wildman–Crippen LogP) is 2.31. The minimum atomic E-state index is 0.827. The maximum atomic E-state index is 6.15. The van der Waals surface area contributed by atoms with E-state index in [1.165, 1.54) is 6.42 Å². The molecule has 1 heterocycles. The third-order valence-corrected chi connectivity index (χ3v) is 2.95. The van der Waals surface area contributed by atoms with E-state index in [2.05, 4.69) is 17.3 Å². The molecule has 0 saturated carbocycles. The van der Waals surface area contributed by atoms with Gasteiger partial charge in [-0.3, -0.25) is 4.68 Å². The van der Waals surface area contributed by atoms with Crippen LogP contribution in [0.5, 0.6) is 0 Å². The Kier molecular flexibility index (Phi) is 5.12. The fourth-order valence-electron chi connectivity index (χ4n) is 1.63. The first-order chi connectivity index (χ1) is 7.16. The molecule has 0 amide bonds. The molecule has 0 atom stereocenters. The molecule has 1 aromatic rings. The standard InChI is InChI=1S/C11H20ClN3/c1-4-7-13-8-5-6-10-11(12)9(2)14-15(10)3/h13H,4-8H2,1-3H3. The van der Waals surface area contributed by atoms with Crippen LogP contribution in [0.25, 0.3) is 0 Å². The lowest BCUT2D eigenvalue weighted by molar-refractivity contribution is 0.617. The molecule has 15 heavy (non-hydrogen) atoms. The quantitative estimate of drug-likeness (QED) is 0.759. The summed E-state index contributed by atoms with van der Waals surface area (Å²) < 4.78 is 1.89. The Labute approximate surface area is 96.8 Å². The van der Waals surface area contributed by atoms with Gasteiger partial charge in [0.05, 0.1) is 16.4 Å². The molecule has 0 aliphatic heterocycles. The molecule has 1 rings (SSSR count). The van der Waals surface area contributed by atoms with Crippen molar-refractivity contribution >= 4 is 11.6 Å². The summed E-state index contributed by atoms with van der Waals surface area (Å²) in [6.07, 6.45) is 3.29. The second-order valence-corrected chi connectivity index (χ2v) is 4.20. The van der Waals surface area contributed by atoms with Gasteiger partial charge in [-0.25, -0.2) is 0 Å². The number of rotatable bonds is 6. The van der Waals surface area contributed by atoms with Crippen molar-refractivity contribution in [1.82, 2.24) is 15.1 Å². The number of aryl methyl sites for hydroxylation is 2. The molecule has 4 heteroatoms. The monoisotopic (exact) mass is 229 g/mol. The van der Waals surface area contributed by atoms with Crippen molar-refractivity contribution in [2.75, 3.05) is 13.1 Å². The summed E-state index contributed by atoms with van der Waals surface area (Å²) in [6.45, 7) is 6.27. The van der Waals surface area contributed by atoms with Crippen LogP contribution in [0.2, 0.25) is 5.02 Å². The van der Waals surface area contributed by atoms with E-state index in [0.717, 1.165) is 42.3 Å². The number of aromatic nitrogens is 2. The topological polar surface area (TPSA) is 29.9 Å². The minimum absolute atomic E-state index is 0.827. The number of nitrogens with zero attached hydrogens (tertiary/aromatic N) is 2. The van der Waals surface area contributed by atoms with E-state index >= 15 is 0 Å². The average molecular weight is 230 g/mol. The van der Waals surface area contributed by atoms with Gasteiger partial charge in [0.1, 0.15) is 0 Å². The van der Waals surface area contributed by atoms with Gasteiger partial charge < -0.3 is 5.32 Å². The van der Waals surface area contributed by atoms with Gasteiger partial charge in [0, 0.05) is 7.05 Å². The second-order valence-electron chi connectivity index (χ2n) is 3.82. The summed E-state index contributed by atoms with van der Waals surface area (Å²) in [4.78, 5) is 0. The maximum Gasteiger partial charge on any atom is 0.0846 e. The molecule has 0 aliphatic carbocycles. The van der Waals surface area contributed by atoms with Gasteiger partial charge in [0.25, 0.3) is 0 Å².